The number of ketones is 1. The van der Waals surface area contributed by atoms with Crippen LogP contribution in [0.5, 0.6) is 0 Å². The maximum atomic E-state index is 11.0. The first kappa shape index (κ1) is 12.9. The van der Waals surface area contributed by atoms with E-state index in [0.29, 0.717) is 13.2 Å². The highest BCUT2D eigenvalue weighted by atomic mass is 16.5. The second-order valence-corrected chi connectivity index (χ2v) is 3.65. The van der Waals surface area contributed by atoms with Gasteiger partial charge in [0.25, 0.3) is 0 Å². The highest BCUT2D eigenvalue weighted by Gasteiger charge is 2.00. The summed E-state index contributed by atoms with van der Waals surface area (Å²) in [6, 6.07) is 1.83. The number of carbonyl (C=O) groups excluding carboxylic acids is 1. The first-order valence-corrected chi connectivity index (χ1v) is 5.47. The lowest BCUT2D eigenvalue weighted by atomic mass is 10.2. The third-order valence-electron chi connectivity index (χ3n) is 2.29. The van der Waals surface area contributed by atoms with Gasteiger partial charge in [-0.25, -0.2) is 0 Å². The Morgan fingerprint density at radius 2 is 2.19 bits per heavy atom. The number of rotatable bonds is 8. The molecule has 0 aliphatic heterocycles. The molecule has 0 unspecified atom stereocenters. The van der Waals surface area contributed by atoms with Crippen LogP contribution in [0.25, 0.3) is 0 Å². The summed E-state index contributed by atoms with van der Waals surface area (Å²) in [4.78, 5) is 11.0. The maximum Gasteiger partial charge on any atom is 0.161 e. The summed E-state index contributed by atoms with van der Waals surface area (Å²) < 4.78 is 12.3. The fraction of sp³-hybridized carbons (Fsp3) is 0.583. The summed E-state index contributed by atoms with van der Waals surface area (Å²) in [6.07, 6.45) is 4.66. The Labute approximate surface area is 96.2 Å². The van der Waals surface area contributed by atoms with Crippen LogP contribution >= 0.6 is 0 Å². The van der Waals surface area contributed by atoms with E-state index < -0.39 is 0 Å². The third-order valence-corrected chi connectivity index (χ3v) is 2.29. The van der Waals surface area contributed by atoms with Crippen LogP contribution < -0.4 is 0 Å². The monoisotopic (exact) mass is 225 g/mol. The minimum atomic E-state index is 0.0970. The Morgan fingerprint density at radius 1 is 1.38 bits per heavy atom. The third kappa shape index (κ3) is 4.59. The van der Waals surface area contributed by atoms with Crippen LogP contribution in [0.4, 0.5) is 0 Å². The lowest BCUT2D eigenvalue weighted by Crippen LogP contribution is -2.06. The highest BCUT2D eigenvalue weighted by Crippen LogP contribution is 2.02. The Hall–Kier alpha value is -1.13. The lowest BCUT2D eigenvalue weighted by Gasteiger charge is -2.04. The molecule has 0 fully saturated rings. The van der Waals surface area contributed by atoms with Gasteiger partial charge in [-0.1, -0.05) is 0 Å². The number of hydrogen-bond acceptors (Lipinski definition) is 3. The molecule has 4 nitrogen and oxygen atoms in total. The van der Waals surface area contributed by atoms with Crippen LogP contribution in [0.2, 0.25) is 0 Å². The van der Waals surface area contributed by atoms with Crippen molar-refractivity contribution in [3.05, 3.63) is 24.0 Å². The van der Waals surface area contributed by atoms with Crippen LogP contribution in [0.15, 0.2) is 18.5 Å². The molecule has 16 heavy (non-hydrogen) atoms. The summed E-state index contributed by atoms with van der Waals surface area (Å²) in [5.41, 5.74) is 0.749. The van der Waals surface area contributed by atoms with E-state index in [9.17, 15) is 4.79 Å². The largest absolute Gasteiger partial charge is 0.385 e. The van der Waals surface area contributed by atoms with Crippen molar-refractivity contribution in [2.24, 2.45) is 0 Å². The van der Waals surface area contributed by atoms with Gasteiger partial charge in [0.2, 0.25) is 0 Å². The molecule has 0 atom stereocenters. The average molecular weight is 225 g/mol. The Morgan fingerprint density at radius 3 is 2.81 bits per heavy atom. The number of aromatic nitrogens is 1. The Balaban J connectivity index is 2.14. The number of nitrogens with zero attached hydrogens (tertiary/aromatic N) is 1. The van der Waals surface area contributed by atoms with Gasteiger partial charge >= 0.3 is 0 Å². The molecule has 0 aliphatic rings. The van der Waals surface area contributed by atoms with E-state index >= 15 is 0 Å². The molecular weight excluding hydrogens is 206 g/mol. The van der Waals surface area contributed by atoms with Crippen molar-refractivity contribution >= 4 is 5.78 Å². The summed E-state index contributed by atoms with van der Waals surface area (Å²) >= 11 is 0. The van der Waals surface area contributed by atoms with Crippen molar-refractivity contribution in [3.8, 4) is 0 Å². The van der Waals surface area contributed by atoms with Gasteiger partial charge in [-0.2, -0.15) is 0 Å². The summed E-state index contributed by atoms with van der Waals surface area (Å²) in [7, 11) is 1.68. The van der Waals surface area contributed by atoms with Gasteiger partial charge in [0.15, 0.2) is 5.78 Å². The quantitative estimate of drug-likeness (QED) is 0.500. The predicted octanol–water partition coefficient (Wildman–Crippen LogP) is 1.74. The van der Waals surface area contributed by atoms with E-state index in [1.165, 1.54) is 0 Å². The molecule has 0 saturated carbocycles. The number of hydrogen-bond donors (Lipinski definition) is 0. The first-order valence-electron chi connectivity index (χ1n) is 5.47. The average Bonchev–Trinajstić information content (AvgIpc) is 2.72. The first-order chi connectivity index (χ1) is 7.74. The SMILES string of the molecule is COCCCOCCn1ccc(C(C)=O)c1. The molecule has 0 bridgehead atoms. The number of methoxy groups -OCH3 is 1. The molecule has 0 saturated heterocycles. The molecule has 0 aliphatic carbocycles. The number of Topliss-reactive ketones (excluding diaryl/α,β-unsaturated/α-hetero) is 1. The summed E-state index contributed by atoms with van der Waals surface area (Å²) in [5, 5.41) is 0. The van der Waals surface area contributed by atoms with Gasteiger partial charge in [-0.05, 0) is 19.4 Å². The minimum Gasteiger partial charge on any atom is -0.385 e. The Kier molecular flexibility index (Phi) is 5.82. The molecule has 0 amide bonds. The van der Waals surface area contributed by atoms with E-state index in [2.05, 4.69) is 0 Å². The van der Waals surface area contributed by atoms with Crippen LogP contribution in [0.3, 0.4) is 0 Å². The molecular formula is C12H19NO3. The second kappa shape index (κ2) is 7.19. The molecule has 0 radical (unpaired) electrons. The van der Waals surface area contributed by atoms with Gasteiger partial charge in [0.1, 0.15) is 0 Å². The minimum absolute atomic E-state index is 0.0970. The standard InChI is InChI=1S/C12H19NO3/c1-11(14)12-4-5-13(10-12)6-9-16-8-3-7-15-2/h4-5,10H,3,6-9H2,1-2H3. The highest BCUT2D eigenvalue weighted by molar-refractivity contribution is 5.93. The van der Waals surface area contributed by atoms with Crippen molar-refractivity contribution in [1.82, 2.24) is 4.57 Å². The zero-order chi connectivity index (χ0) is 11.8. The number of ether oxygens (including phenoxy) is 2. The molecule has 0 spiro atoms. The predicted molar refractivity (Wildman–Crippen MR) is 61.7 cm³/mol. The Bertz CT molecular complexity index is 320. The fourth-order valence-electron chi connectivity index (χ4n) is 1.37. The van der Waals surface area contributed by atoms with Crippen molar-refractivity contribution in [3.63, 3.8) is 0 Å². The van der Waals surface area contributed by atoms with Gasteiger partial charge in [0.05, 0.1) is 6.61 Å². The van der Waals surface area contributed by atoms with Crippen LogP contribution in [0, 0.1) is 0 Å². The summed E-state index contributed by atoms with van der Waals surface area (Å²) in [6.45, 7) is 4.46. The lowest BCUT2D eigenvalue weighted by molar-refractivity contribution is 0.0973. The normalized spacial score (nSPS) is 10.6. The van der Waals surface area contributed by atoms with E-state index in [4.69, 9.17) is 9.47 Å². The molecule has 4 heteroatoms. The summed E-state index contributed by atoms with van der Waals surface area (Å²) in [5.74, 6) is 0.0970. The van der Waals surface area contributed by atoms with Gasteiger partial charge < -0.3 is 14.0 Å². The molecule has 1 rings (SSSR count). The van der Waals surface area contributed by atoms with Crippen LogP contribution in [0.1, 0.15) is 23.7 Å². The molecule has 90 valence electrons. The van der Waals surface area contributed by atoms with Gasteiger partial charge in [0, 0.05) is 44.8 Å². The van der Waals surface area contributed by atoms with Gasteiger partial charge in [-0.15, -0.1) is 0 Å². The molecule has 1 aromatic heterocycles. The van der Waals surface area contributed by atoms with Crippen LogP contribution in [-0.4, -0.2) is 37.3 Å². The molecule has 0 N–H and O–H groups in total. The van der Waals surface area contributed by atoms with E-state index in [-0.39, 0.29) is 5.78 Å². The fourth-order valence-corrected chi connectivity index (χ4v) is 1.37. The zero-order valence-corrected chi connectivity index (χ0v) is 9.94. The van der Waals surface area contributed by atoms with E-state index in [1.54, 1.807) is 14.0 Å². The molecule has 0 aromatic carbocycles. The maximum absolute atomic E-state index is 11.0. The molecule has 1 aromatic rings. The van der Waals surface area contributed by atoms with Crippen molar-refractivity contribution in [2.45, 2.75) is 19.9 Å². The zero-order valence-electron chi connectivity index (χ0n) is 9.94. The van der Waals surface area contributed by atoms with Crippen LogP contribution in [-0.2, 0) is 16.0 Å². The second-order valence-electron chi connectivity index (χ2n) is 3.65. The van der Waals surface area contributed by atoms with E-state index in [1.807, 2.05) is 23.0 Å². The smallest absolute Gasteiger partial charge is 0.161 e. The van der Waals surface area contributed by atoms with Crippen molar-refractivity contribution < 1.29 is 14.3 Å². The van der Waals surface area contributed by atoms with Crippen molar-refractivity contribution in [1.29, 1.82) is 0 Å². The van der Waals surface area contributed by atoms with Gasteiger partial charge in [-0.3, -0.25) is 4.79 Å². The van der Waals surface area contributed by atoms with Crippen molar-refractivity contribution in [2.75, 3.05) is 26.9 Å². The van der Waals surface area contributed by atoms with E-state index in [0.717, 1.165) is 25.1 Å². The number of carbonyl (C=O) groups is 1. The molecule has 1 heterocycles. The topological polar surface area (TPSA) is 40.5 Å².